The van der Waals surface area contributed by atoms with Gasteiger partial charge in [0.2, 0.25) is 0 Å². The van der Waals surface area contributed by atoms with Gasteiger partial charge in [-0.05, 0) is 71.2 Å². The topological polar surface area (TPSA) is 20.2 Å². The van der Waals surface area contributed by atoms with E-state index in [1.807, 2.05) is 13.8 Å². The summed E-state index contributed by atoms with van der Waals surface area (Å²) in [5.74, 6) is 0.397. The van der Waals surface area contributed by atoms with Gasteiger partial charge in [0, 0.05) is 12.1 Å². The van der Waals surface area contributed by atoms with E-state index in [0.29, 0.717) is 5.75 Å². The smallest absolute Gasteiger partial charge is 0.167 e. The number of phenolic OH excluding ortho intramolecular Hbond substituents is 1. The highest BCUT2D eigenvalue weighted by Gasteiger charge is 2.31. The second-order valence-corrected chi connectivity index (χ2v) is 12.3. The largest absolute Gasteiger partial charge is 0.507 e. The van der Waals surface area contributed by atoms with Crippen LogP contribution in [0.15, 0.2) is 75.4 Å². The minimum absolute atomic E-state index is 0.136. The predicted molar refractivity (Wildman–Crippen MR) is 130 cm³/mol. The molecule has 30 heavy (non-hydrogen) atoms. The molecule has 3 rings (SSSR count). The molecule has 0 aromatic heterocycles. The van der Waals surface area contributed by atoms with Crippen LogP contribution in [0.1, 0.15) is 63.8 Å². The van der Waals surface area contributed by atoms with E-state index in [-0.39, 0.29) is 21.7 Å². The molecule has 3 aromatic rings. The summed E-state index contributed by atoms with van der Waals surface area (Å²) in [5, 5.41) is 10.3. The zero-order valence-electron chi connectivity index (χ0n) is 19.6. The molecule has 0 heterocycles. The Morgan fingerprint density at radius 2 is 0.900 bits per heavy atom. The SMILES string of the molecule is Cc1cc([S+](c2ccc(C(C)(C)C)cc2)c2ccc(C(C)(C)C)cc2)cc(C)c1O. The minimum Gasteiger partial charge on any atom is -0.507 e. The molecule has 1 nitrogen and oxygen atoms in total. The summed E-state index contributed by atoms with van der Waals surface area (Å²) in [6.45, 7) is 17.5. The normalized spacial score (nSPS) is 12.4. The molecule has 1 N–H and O–H groups in total. The Morgan fingerprint density at radius 1 is 0.567 bits per heavy atom. The van der Waals surface area contributed by atoms with Gasteiger partial charge in [0.15, 0.2) is 14.7 Å². The number of rotatable bonds is 3. The van der Waals surface area contributed by atoms with Crippen LogP contribution in [-0.2, 0) is 21.7 Å². The molecule has 0 fully saturated rings. The summed E-state index contributed by atoms with van der Waals surface area (Å²) in [5.41, 5.74) is 4.82. The van der Waals surface area contributed by atoms with Crippen LogP contribution >= 0.6 is 0 Å². The molecule has 0 aliphatic heterocycles. The highest BCUT2D eigenvalue weighted by Crippen LogP contribution is 2.36. The molecule has 158 valence electrons. The number of phenols is 1. The molecule has 0 spiro atoms. The first-order chi connectivity index (χ1) is 13.9. The summed E-state index contributed by atoms with van der Waals surface area (Å²) in [4.78, 5) is 3.85. The molecule has 3 aromatic carbocycles. The van der Waals surface area contributed by atoms with Crippen LogP contribution in [0, 0.1) is 13.8 Å². The summed E-state index contributed by atoms with van der Waals surface area (Å²) in [6, 6.07) is 22.4. The predicted octanol–water partition coefficient (Wildman–Crippen LogP) is 7.70. The lowest BCUT2D eigenvalue weighted by Crippen LogP contribution is -2.13. The molecule has 0 bridgehead atoms. The van der Waals surface area contributed by atoms with Gasteiger partial charge in [-0.15, -0.1) is 0 Å². The molecule has 0 radical (unpaired) electrons. The zero-order valence-corrected chi connectivity index (χ0v) is 20.4. The molecule has 0 saturated heterocycles. The van der Waals surface area contributed by atoms with E-state index in [9.17, 15) is 5.11 Å². The lowest BCUT2D eigenvalue weighted by Gasteiger charge is -2.20. The molecule has 2 heteroatoms. The first-order valence-corrected chi connectivity index (χ1v) is 11.9. The van der Waals surface area contributed by atoms with Crippen LogP contribution in [0.25, 0.3) is 0 Å². The third-order valence-electron chi connectivity index (χ3n) is 5.61. The van der Waals surface area contributed by atoms with Gasteiger partial charge in [-0.25, -0.2) is 0 Å². The summed E-state index contributed by atoms with van der Waals surface area (Å²) >= 11 is 0. The van der Waals surface area contributed by atoms with E-state index in [4.69, 9.17) is 0 Å². The molecule has 0 aliphatic rings. The third kappa shape index (κ3) is 4.75. The second-order valence-electron chi connectivity index (χ2n) is 10.3. The number of hydrogen-bond donors (Lipinski definition) is 1. The standard InChI is InChI=1S/C28H34OS/c1-19-17-25(18-20(2)26(19)29)30(23-13-9-21(10-14-23)27(3,4)5)24-15-11-22(12-16-24)28(6,7)8/h9-18H,1-8H3/p+1. The van der Waals surface area contributed by atoms with Crippen LogP contribution in [0.2, 0.25) is 0 Å². The van der Waals surface area contributed by atoms with Crippen molar-refractivity contribution in [3.8, 4) is 5.75 Å². The van der Waals surface area contributed by atoms with Crippen molar-refractivity contribution in [1.82, 2.24) is 0 Å². The Kier molecular flexibility index (Phi) is 6.11. The van der Waals surface area contributed by atoms with Gasteiger partial charge in [0.1, 0.15) is 5.75 Å². The lowest BCUT2D eigenvalue weighted by molar-refractivity contribution is 0.466. The van der Waals surface area contributed by atoms with Crippen molar-refractivity contribution in [2.75, 3.05) is 0 Å². The molecule has 0 amide bonds. The monoisotopic (exact) mass is 419 g/mol. The van der Waals surface area contributed by atoms with E-state index in [1.54, 1.807) is 0 Å². The highest BCUT2D eigenvalue weighted by molar-refractivity contribution is 7.97. The van der Waals surface area contributed by atoms with Crippen LogP contribution in [0.4, 0.5) is 0 Å². The van der Waals surface area contributed by atoms with Gasteiger partial charge in [0.05, 0.1) is 10.9 Å². The molecular formula is C28H35OS+. The Hall–Kier alpha value is -2.19. The first-order valence-electron chi connectivity index (χ1n) is 10.6. The quantitative estimate of drug-likeness (QED) is 0.431. The Bertz CT molecular complexity index is 936. The maximum atomic E-state index is 10.3. The summed E-state index contributed by atoms with van der Waals surface area (Å²) in [7, 11) is -0.225. The number of hydrogen-bond acceptors (Lipinski definition) is 1. The molecule has 0 unspecified atom stereocenters. The molecule has 0 saturated carbocycles. The first kappa shape index (κ1) is 22.5. The Balaban J connectivity index is 2.14. The van der Waals surface area contributed by atoms with Crippen LogP contribution in [0.3, 0.4) is 0 Å². The fourth-order valence-electron chi connectivity index (χ4n) is 3.62. The van der Waals surface area contributed by atoms with Crippen molar-refractivity contribution >= 4 is 10.9 Å². The molecular weight excluding hydrogens is 384 g/mol. The lowest BCUT2D eigenvalue weighted by atomic mass is 9.87. The Labute approximate surface area is 185 Å². The maximum Gasteiger partial charge on any atom is 0.167 e. The van der Waals surface area contributed by atoms with Crippen molar-refractivity contribution in [2.24, 2.45) is 0 Å². The number of benzene rings is 3. The maximum absolute atomic E-state index is 10.3. The van der Waals surface area contributed by atoms with Gasteiger partial charge < -0.3 is 5.11 Å². The van der Waals surface area contributed by atoms with Crippen LogP contribution in [-0.4, -0.2) is 5.11 Å². The van der Waals surface area contributed by atoms with Gasteiger partial charge in [-0.1, -0.05) is 65.8 Å². The van der Waals surface area contributed by atoms with Crippen LogP contribution in [0.5, 0.6) is 5.75 Å². The highest BCUT2D eigenvalue weighted by atomic mass is 32.2. The number of aromatic hydroxyl groups is 1. The number of aryl methyl sites for hydroxylation is 2. The van der Waals surface area contributed by atoms with Crippen molar-refractivity contribution in [2.45, 2.75) is 80.9 Å². The van der Waals surface area contributed by atoms with Crippen molar-refractivity contribution in [3.63, 3.8) is 0 Å². The van der Waals surface area contributed by atoms with Crippen molar-refractivity contribution in [3.05, 3.63) is 82.9 Å². The van der Waals surface area contributed by atoms with E-state index in [0.717, 1.165) is 11.1 Å². The van der Waals surface area contributed by atoms with Gasteiger partial charge in [0.25, 0.3) is 0 Å². The Morgan fingerprint density at radius 3 is 1.20 bits per heavy atom. The second kappa shape index (κ2) is 8.15. The minimum atomic E-state index is -0.225. The van der Waals surface area contributed by atoms with Crippen molar-refractivity contribution < 1.29 is 5.11 Å². The van der Waals surface area contributed by atoms with E-state index in [1.165, 1.54) is 25.8 Å². The zero-order chi connectivity index (χ0) is 22.3. The fraction of sp³-hybridized carbons (Fsp3) is 0.357. The van der Waals surface area contributed by atoms with E-state index < -0.39 is 0 Å². The fourth-order valence-corrected chi connectivity index (χ4v) is 5.85. The molecule has 0 atom stereocenters. The van der Waals surface area contributed by atoms with E-state index >= 15 is 0 Å². The average Bonchev–Trinajstić information content (AvgIpc) is 2.66. The van der Waals surface area contributed by atoms with Gasteiger partial charge in [-0.3, -0.25) is 0 Å². The van der Waals surface area contributed by atoms with Crippen LogP contribution < -0.4 is 0 Å². The average molecular weight is 420 g/mol. The van der Waals surface area contributed by atoms with E-state index in [2.05, 4.69) is 102 Å². The van der Waals surface area contributed by atoms with Gasteiger partial charge >= 0.3 is 0 Å². The summed E-state index contributed by atoms with van der Waals surface area (Å²) < 4.78 is 0. The summed E-state index contributed by atoms with van der Waals surface area (Å²) in [6.07, 6.45) is 0. The molecule has 0 aliphatic carbocycles. The third-order valence-corrected chi connectivity index (χ3v) is 7.81. The van der Waals surface area contributed by atoms with Gasteiger partial charge in [-0.2, -0.15) is 0 Å². The van der Waals surface area contributed by atoms with Crippen molar-refractivity contribution in [1.29, 1.82) is 0 Å².